The molecular weight excluding hydrogens is 321 g/mol. The van der Waals surface area contributed by atoms with Gasteiger partial charge in [0.25, 0.3) is 0 Å². The van der Waals surface area contributed by atoms with Gasteiger partial charge in [-0.25, -0.2) is 4.39 Å². The second kappa shape index (κ2) is 8.01. The van der Waals surface area contributed by atoms with Crippen LogP contribution in [0, 0.1) is 11.7 Å². The Hall–Kier alpha value is -2.56. The van der Waals surface area contributed by atoms with E-state index in [1.807, 2.05) is 18.2 Å². The molecule has 0 saturated carbocycles. The predicted molar refractivity (Wildman–Crippen MR) is 93.4 cm³/mol. The maximum atomic E-state index is 13.6. The maximum Gasteiger partial charge on any atom is 0.220 e. The van der Waals surface area contributed by atoms with Gasteiger partial charge < -0.3 is 14.8 Å². The van der Waals surface area contributed by atoms with Gasteiger partial charge in [0.1, 0.15) is 17.3 Å². The zero-order valence-corrected chi connectivity index (χ0v) is 14.3. The Labute approximate surface area is 147 Å². The van der Waals surface area contributed by atoms with E-state index in [0.29, 0.717) is 25.1 Å². The molecule has 1 N–H and O–H groups in total. The molecule has 132 valence electrons. The molecule has 0 saturated heterocycles. The molecule has 5 heteroatoms. The number of benzene rings is 2. The predicted octanol–water partition coefficient (Wildman–Crippen LogP) is 3.13. The Morgan fingerprint density at radius 3 is 2.96 bits per heavy atom. The van der Waals surface area contributed by atoms with E-state index in [4.69, 9.17) is 9.47 Å². The summed E-state index contributed by atoms with van der Waals surface area (Å²) in [4.78, 5) is 12.0. The summed E-state index contributed by atoms with van der Waals surface area (Å²) in [7, 11) is 1.63. The van der Waals surface area contributed by atoms with E-state index in [1.165, 1.54) is 6.07 Å². The van der Waals surface area contributed by atoms with E-state index in [2.05, 4.69) is 5.32 Å². The number of methoxy groups -OCH3 is 1. The highest BCUT2D eigenvalue weighted by Crippen LogP contribution is 2.30. The van der Waals surface area contributed by atoms with Crippen LogP contribution in [0.3, 0.4) is 0 Å². The summed E-state index contributed by atoms with van der Waals surface area (Å²) in [5.74, 6) is 1.53. The van der Waals surface area contributed by atoms with Crippen molar-refractivity contribution in [2.45, 2.75) is 19.3 Å². The number of rotatable bonds is 6. The van der Waals surface area contributed by atoms with Crippen molar-refractivity contribution in [2.24, 2.45) is 5.92 Å². The SMILES string of the molecule is COc1ccc2c(c1)OCC(CNC(=O)CCc1ccccc1F)C2. The van der Waals surface area contributed by atoms with Gasteiger partial charge >= 0.3 is 0 Å². The minimum Gasteiger partial charge on any atom is -0.497 e. The van der Waals surface area contributed by atoms with Gasteiger partial charge in [-0.3, -0.25) is 4.79 Å². The fourth-order valence-electron chi connectivity index (χ4n) is 2.97. The van der Waals surface area contributed by atoms with Crippen LogP contribution in [0.25, 0.3) is 0 Å². The third kappa shape index (κ3) is 4.50. The third-order valence-corrected chi connectivity index (χ3v) is 4.42. The zero-order chi connectivity index (χ0) is 17.6. The topological polar surface area (TPSA) is 47.6 Å². The minimum atomic E-state index is -0.261. The summed E-state index contributed by atoms with van der Waals surface area (Å²) in [5.41, 5.74) is 1.69. The summed E-state index contributed by atoms with van der Waals surface area (Å²) in [6.07, 6.45) is 1.54. The van der Waals surface area contributed by atoms with E-state index >= 15 is 0 Å². The van der Waals surface area contributed by atoms with Crippen LogP contribution in [0.15, 0.2) is 42.5 Å². The number of amides is 1. The lowest BCUT2D eigenvalue weighted by molar-refractivity contribution is -0.121. The van der Waals surface area contributed by atoms with E-state index in [-0.39, 0.29) is 24.1 Å². The Kier molecular flexibility index (Phi) is 5.53. The standard InChI is InChI=1S/C20H22FNO3/c1-24-17-8-6-16-10-14(13-25-19(16)11-17)12-22-20(23)9-7-15-4-2-3-5-18(15)21/h2-6,8,11,14H,7,9-10,12-13H2,1H3,(H,22,23). The number of ether oxygens (including phenoxy) is 2. The molecule has 3 rings (SSSR count). The lowest BCUT2D eigenvalue weighted by atomic mass is 9.96. The number of carbonyl (C=O) groups excluding carboxylic acids is 1. The van der Waals surface area contributed by atoms with E-state index < -0.39 is 0 Å². The number of fused-ring (bicyclic) bond motifs is 1. The van der Waals surface area contributed by atoms with Crippen LogP contribution in [0.5, 0.6) is 11.5 Å². The first kappa shape index (κ1) is 17.3. The highest BCUT2D eigenvalue weighted by atomic mass is 19.1. The van der Waals surface area contributed by atoms with Gasteiger partial charge in [0.05, 0.1) is 13.7 Å². The third-order valence-electron chi connectivity index (χ3n) is 4.42. The summed E-state index contributed by atoms with van der Waals surface area (Å²) in [6.45, 7) is 1.12. The first-order chi connectivity index (χ1) is 12.2. The summed E-state index contributed by atoms with van der Waals surface area (Å²) in [5, 5.41) is 2.93. The van der Waals surface area contributed by atoms with E-state index in [1.54, 1.807) is 25.3 Å². The molecule has 0 aromatic heterocycles. The number of hydrogen-bond acceptors (Lipinski definition) is 3. The van der Waals surface area contributed by atoms with Crippen LogP contribution in [0.2, 0.25) is 0 Å². The Morgan fingerprint density at radius 2 is 2.16 bits per heavy atom. The molecular formula is C20H22FNO3. The second-order valence-corrected chi connectivity index (χ2v) is 6.25. The molecule has 2 aromatic carbocycles. The number of halogens is 1. The second-order valence-electron chi connectivity index (χ2n) is 6.25. The lowest BCUT2D eigenvalue weighted by Crippen LogP contribution is -2.34. The normalized spacial score (nSPS) is 15.8. The minimum absolute atomic E-state index is 0.0659. The highest BCUT2D eigenvalue weighted by molar-refractivity contribution is 5.76. The Bertz CT molecular complexity index is 747. The smallest absolute Gasteiger partial charge is 0.220 e. The summed E-state index contributed by atoms with van der Waals surface area (Å²) < 4.78 is 24.5. The molecule has 25 heavy (non-hydrogen) atoms. The highest BCUT2D eigenvalue weighted by Gasteiger charge is 2.21. The lowest BCUT2D eigenvalue weighted by Gasteiger charge is -2.25. The van der Waals surface area contributed by atoms with Gasteiger partial charge in [0, 0.05) is 24.9 Å². The quantitative estimate of drug-likeness (QED) is 0.877. The van der Waals surface area contributed by atoms with Gasteiger partial charge in [0.2, 0.25) is 5.91 Å². The average Bonchev–Trinajstić information content (AvgIpc) is 2.65. The van der Waals surface area contributed by atoms with Crippen LogP contribution in [-0.2, 0) is 17.6 Å². The molecule has 1 amide bonds. The maximum absolute atomic E-state index is 13.6. The molecule has 4 nitrogen and oxygen atoms in total. The van der Waals surface area contributed by atoms with Gasteiger partial charge in [-0.15, -0.1) is 0 Å². The molecule has 1 aliphatic rings. The number of hydrogen-bond donors (Lipinski definition) is 1. The van der Waals surface area contributed by atoms with Crippen LogP contribution in [0.1, 0.15) is 17.5 Å². The van der Waals surface area contributed by atoms with Gasteiger partial charge in [-0.05, 0) is 36.1 Å². The molecule has 0 fully saturated rings. The van der Waals surface area contributed by atoms with Crippen molar-refractivity contribution in [3.05, 3.63) is 59.4 Å². The molecule has 0 spiro atoms. The van der Waals surface area contributed by atoms with Crippen LogP contribution in [0.4, 0.5) is 4.39 Å². The number of aryl methyl sites for hydroxylation is 1. The molecule has 1 atom stereocenters. The molecule has 1 unspecified atom stereocenters. The van der Waals surface area contributed by atoms with Crippen molar-refractivity contribution >= 4 is 5.91 Å². The Morgan fingerprint density at radius 1 is 1.32 bits per heavy atom. The molecule has 1 heterocycles. The number of carbonyl (C=O) groups is 1. The van der Waals surface area contributed by atoms with E-state index in [0.717, 1.165) is 23.5 Å². The van der Waals surface area contributed by atoms with Gasteiger partial charge in [-0.1, -0.05) is 24.3 Å². The van der Waals surface area contributed by atoms with Crippen molar-refractivity contribution in [2.75, 3.05) is 20.3 Å². The number of nitrogens with one attached hydrogen (secondary N) is 1. The molecule has 0 radical (unpaired) electrons. The Balaban J connectivity index is 1.46. The van der Waals surface area contributed by atoms with Crippen molar-refractivity contribution < 1.29 is 18.7 Å². The van der Waals surface area contributed by atoms with E-state index in [9.17, 15) is 9.18 Å². The zero-order valence-electron chi connectivity index (χ0n) is 14.3. The average molecular weight is 343 g/mol. The van der Waals surface area contributed by atoms with Crippen LogP contribution >= 0.6 is 0 Å². The van der Waals surface area contributed by atoms with Crippen molar-refractivity contribution in [3.8, 4) is 11.5 Å². The fraction of sp³-hybridized carbons (Fsp3) is 0.350. The first-order valence-electron chi connectivity index (χ1n) is 8.45. The van der Waals surface area contributed by atoms with Crippen molar-refractivity contribution in [1.82, 2.24) is 5.32 Å². The molecule has 0 bridgehead atoms. The van der Waals surface area contributed by atoms with Crippen molar-refractivity contribution in [1.29, 1.82) is 0 Å². The largest absolute Gasteiger partial charge is 0.497 e. The monoisotopic (exact) mass is 343 g/mol. The van der Waals surface area contributed by atoms with Crippen LogP contribution < -0.4 is 14.8 Å². The molecule has 2 aromatic rings. The first-order valence-corrected chi connectivity index (χ1v) is 8.45. The molecule has 1 aliphatic heterocycles. The van der Waals surface area contributed by atoms with Gasteiger partial charge in [0.15, 0.2) is 0 Å². The van der Waals surface area contributed by atoms with Crippen LogP contribution in [-0.4, -0.2) is 26.2 Å². The molecule has 0 aliphatic carbocycles. The van der Waals surface area contributed by atoms with Crippen molar-refractivity contribution in [3.63, 3.8) is 0 Å². The van der Waals surface area contributed by atoms with Gasteiger partial charge in [-0.2, -0.15) is 0 Å². The fourth-order valence-corrected chi connectivity index (χ4v) is 2.97. The summed E-state index contributed by atoms with van der Waals surface area (Å²) in [6, 6.07) is 12.4. The summed E-state index contributed by atoms with van der Waals surface area (Å²) >= 11 is 0.